The van der Waals surface area contributed by atoms with Gasteiger partial charge in [0.2, 0.25) is 0 Å². The van der Waals surface area contributed by atoms with Gasteiger partial charge in [0.25, 0.3) is 5.91 Å². The van der Waals surface area contributed by atoms with Gasteiger partial charge in [-0.25, -0.2) is 9.78 Å². The minimum atomic E-state index is -0.633. The average Bonchev–Trinajstić information content (AvgIpc) is 3.40. The van der Waals surface area contributed by atoms with E-state index >= 15 is 0 Å². The topological polar surface area (TPSA) is 97.2 Å². The number of nitrogens with one attached hydrogen (secondary N) is 2. The number of carbonyl (C=O) groups excluding carboxylic acids is 2. The number of carbonyl (C=O) groups is 2. The van der Waals surface area contributed by atoms with E-state index in [-0.39, 0.29) is 17.4 Å². The van der Waals surface area contributed by atoms with E-state index in [1.54, 1.807) is 18.2 Å². The molecule has 2 heterocycles. The number of nitrogens with zero attached hydrogens (tertiary/aromatic N) is 1. The fourth-order valence-corrected chi connectivity index (χ4v) is 3.45. The van der Waals surface area contributed by atoms with Crippen LogP contribution in [0.2, 0.25) is 5.02 Å². The molecule has 0 spiro atoms. The smallest absolute Gasteiger partial charge is 0.360 e. The molecule has 1 unspecified atom stereocenters. The summed E-state index contributed by atoms with van der Waals surface area (Å²) < 4.78 is 10.3. The standard InChI is InChI=1S/C22H18ClN3O4/c1-29-22(28)19-20(30-12-24-19)17(9-13-5-3-2-4-6-13)26-21(27)18-11-14-10-15(23)7-8-16(14)25-18/h2-8,10-12,17,25H,9H2,1H3,(H,26,27). The summed E-state index contributed by atoms with van der Waals surface area (Å²) in [7, 11) is 1.27. The minimum absolute atomic E-state index is 0.0298. The van der Waals surface area contributed by atoms with Crippen LogP contribution in [0.5, 0.6) is 0 Å². The maximum absolute atomic E-state index is 13.0. The fourth-order valence-electron chi connectivity index (χ4n) is 3.27. The van der Waals surface area contributed by atoms with Crippen LogP contribution in [0, 0.1) is 0 Å². The van der Waals surface area contributed by atoms with E-state index in [9.17, 15) is 9.59 Å². The number of halogens is 1. The molecule has 8 heteroatoms. The molecule has 0 aliphatic rings. The number of aromatic nitrogens is 2. The van der Waals surface area contributed by atoms with Gasteiger partial charge in [0.05, 0.1) is 13.2 Å². The second-order valence-corrected chi connectivity index (χ2v) is 7.12. The van der Waals surface area contributed by atoms with Crippen molar-refractivity contribution in [2.24, 2.45) is 0 Å². The van der Waals surface area contributed by atoms with E-state index in [0.717, 1.165) is 22.9 Å². The van der Waals surface area contributed by atoms with Crippen molar-refractivity contribution < 1.29 is 18.7 Å². The lowest BCUT2D eigenvalue weighted by molar-refractivity contribution is 0.0589. The highest BCUT2D eigenvalue weighted by Gasteiger charge is 2.27. The Labute approximate surface area is 177 Å². The summed E-state index contributed by atoms with van der Waals surface area (Å²) in [6.45, 7) is 0. The van der Waals surface area contributed by atoms with Crippen molar-refractivity contribution in [2.75, 3.05) is 7.11 Å². The van der Waals surface area contributed by atoms with Gasteiger partial charge in [-0.3, -0.25) is 4.79 Å². The Bertz CT molecular complexity index is 1200. The molecule has 4 rings (SSSR count). The van der Waals surface area contributed by atoms with Crippen molar-refractivity contribution in [2.45, 2.75) is 12.5 Å². The Hall–Kier alpha value is -3.58. The van der Waals surface area contributed by atoms with Crippen molar-refractivity contribution in [3.05, 3.63) is 88.7 Å². The number of rotatable bonds is 6. The molecule has 0 aliphatic heterocycles. The third kappa shape index (κ3) is 4.06. The number of ether oxygens (including phenoxy) is 1. The second kappa shape index (κ2) is 8.42. The zero-order chi connectivity index (χ0) is 21.1. The van der Waals surface area contributed by atoms with Gasteiger partial charge in [-0.05, 0) is 29.8 Å². The summed E-state index contributed by atoms with van der Waals surface area (Å²) in [5.74, 6) is -0.750. The average molecular weight is 424 g/mol. The first-order valence-corrected chi connectivity index (χ1v) is 9.57. The molecule has 7 nitrogen and oxygen atoms in total. The number of benzene rings is 2. The normalized spacial score (nSPS) is 11.9. The van der Waals surface area contributed by atoms with E-state index in [1.807, 2.05) is 36.4 Å². The molecule has 2 aromatic heterocycles. The fraction of sp³-hybridized carbons (Fsp3) is 0.136. The molecule has 1 atom stereocenters. The van der Waals surface area contributed by atoms with Crippen LogP contribution in [-0.2, 0) is 11.2 Å². The van der Waals surface area contributed by atoms with Crippen molar-refractivity contribution in [1.82, 2.24) is 15.3 Å². The lowest BCUT2D eigenvalue weighted by atomic mass is 10.0. The molecule has 1 amide bonds. The largest absolute Gasteiger partial charge is 0.464 e. The number of hydrogen-bond acceptors (Lipinski definition) is 5. The van der Waals surface area contributed by atoms with Crippen molar-refractivity contribution in [1.29, 1.82) is 0 Å². The summed E-state index contributed by atoms with van der Waals surface area (Å²) in [5, 5.41) is 4.34. The van der Waals surface area contributed by atoms with Crippen LogP contribution in [-0.4, -0.2) is 29.0 Å². The van der Waals surface area contributed by atoms with Crippen molar-refractivity contribution in [3.63, 3.8) is 0 Å². The van der Waals surface area contributed by atoms with Crippen LogP contribution in [0.3, 0.4) is 0 Å². The molecule has 0 radical (unpaired) electrons. The number of methoxy groups -OCH3 is 1. The minimum Gasteiger partial charge on any atom is -0.464 e. The number of H-pyrrole nitrogens is 1. The summed E-state index contributed by atoms with van der Waals surface area (Å²) in [5.41, 5.74) is 2.14. The molecule has 0 aliphatic carbocycles. The Kier molecular flexibility index (Phi) is 5.54. The first-order valence-electron chi connectivity index (χ1n) is 9.20. The van der Waals surface area contributed by atoms with Crippen LogP contribution in [0.25, 0.3) is 10.9 Å². The highest BCUT2D eigenvalue weighted by molar-refractivity contribution is 6.31. The van der Waals surface area contributed by atoms with E-state index in [2.05, 4.69) is 15.3 Å². The Morgan fingerprint density at radius 2 is 2.00 bits per heavy atom. The number of esters is 1. The molecule has 152 valence electrons. The zero-order valence-electron chi connectivity index (χ0n) is 16.0. The van der Waals surface area contributed by atoms with Crippen molar-refractivity contribution in [3.8, 4) is 0 Å². The second-order valence-electron chi connectivity index (χ2n) is 6.69. The number of fused-ring (bicyclic) bond motifs is 1. The molecule has 30 heavy (non-hydrogen) atoms. The third-order valence-corrected chi connectivity index (χ3v) is 4.94. The summed E-state index contributed by atoms with van der Waals surface area (Å²) >= 11 is 6.03. The third-order valence-electron chi connectivity index (χ3n) is 4.71. The van der Waals surface area contributed by atoms with E-state index < -0.39 is 12.0 Å². The van der Waals surface area contributed by atoms with Gasteiger partial charge >= 0.3 is 5.97 Å². The highest BCUT2D eigenvalue weighted by Crippen LogP contribution is 2.24. The van der Waals surface area contributed by atoms with E-state index in [4.69, 9.17) is 20.8 Å². The van der Waals surface area contributed by atoms with Gasteiger partial charge in [-0.1, -0.05) is 41.9 Å². The van der Waals surface area contributed by atoms with Crippen LogP contribution in [0.4, 0.5) is 0 Å². The Morgan fingerprint density at radius 1 is 1.20 bits per heavy atom. The summed E-state index contributed by atoms with van der Waals surface area (Å²) in [6, 6.07) is 16.0. The summed E-state index contributed by atoms with van der Waals surface area (Å²) in [6.07, 6.45) is 1.56. The first-order chi connectivity index (χ1) is 14.5. The molecule has 2 N–H and O–H groups in total. The van der Waals surface area contributed by atoms with Gasteiger partial charge < -0.3 is 19.5 Å². The maximum Gasteiger partial charge on any atom is 0.360 e. The lowest BCUT2D eigenvalue weighted by Gasteiger charge is -2.17. The molecule has 0 bridgehead atoms. The van der Waals surface area contributed by atoms with Crippen LogP contribution in [0.1, 0.15) is 38.3 Å². The quantitative estimate of drug-likeness (QED) is 0.450. The first kappa shape index (κ1) is 19.7. The van der Waals surface area contributed by atoms with Gasteiger partial charge in [0.15, 0.2) is 17.8 Å². The van der Waals surface area contributed by atoms with Crippen molar-refractivity contribution >= 4 is 34.4 Å². The number of aromatic amines is 1. The molecule has 0 saturated carbocycles. The molecule has 4 aromatic rings. The maximum atomic E-state index is 13.0. The molecule has 0 fully saturated rings. The van der Waals surface area contributed by atoms with Crippen LogP contribution in [0.15, 0.2) is 65.4 Å². The molecule has 2 aromatic carbocycles. The van der Waals surface area contributed by atoms with Gasteiger partial charge in [-0.2, -0.15) is 0 Å². The van der Waals surface area contributed by atoms with Crippen LogP contribution >= 0.6 is 11.6 Å². The summed E-state index contributed by atoms with van der Waals surface area (Å²) in [4.78, 5) is 32.1. The molecular weight excluding hydrogens is 406 g/mol. The van der Waals surface area contributed by atoms with E-state index in [0.29, 0.717) is 17.1 Å². The van der Waals surface area contributed by atoms with Crippen LogP contribution < -0.4 is 5.32 Å². The number of amides is 1. The Morgan fingerprint density at radius 3 is 2.77 bits per heavy atom. The monoisotopic (exact) mass is 423 g/mol. The SMILES string of the molecule is COC(=O)c1ncoc1C(Cc1ccccc1)NC(=O)c1cc2cc(Cl)ccc2[nH]1. The predicted molar refractivity (Wildman–Crippen MR) is 112 cm³/mol. The molecular formula is C22H18ClN3O4. The number of hydrogen-bond donors (Lipinski definition) is 2. The number of oxazole rings is 1. The van der Waals surface area contributed by atoms with Gasteiger partial charge in [0.1, 0.15) is 5.69 Å². The van der Waals surface area contributed by atoms with Gasteiger partial charge in [-0.15, -0.1) is 0 Å². The molecule has 0 saturated heterocycles. The van der Waals surface area contributed by atoms with E-state index in [1.165, 1.54) is 7.11 Å². The highest BCUT2D eigenvalue weighted by atomic mass is 35.5. The lowest BCUT2D eigenvalue weighted by Crippen LogP contribution is -2.31. The van der Waals surface area contributed by atoms with Gasteiger partial charge in [0, 0.05) is 22.3 Å². The predicted octanol–water partition coefficient (Wildman–Crippen LogP) is 4.31. The zero-order valence-corrected chi connectivity index (χ0v) is 16.8. The Balaban J connectivity index is 1.66.